The van der Waals surface area contributed by atoms with E-state index in [4.69, 9.17) is 0 Å². The lowest BCUT2D eigenvalue weighted by atomic mass is 9.41. The van der Waals surface area contributed by atoms with Crippen LogP contribution in [0, 0.1) is 22.7 Å². The fraction of sp³-hybridized carbons (Fsp3) is 0.581. The number of aromatic hydroxyl groups is 1. The van der Waals surface area contributed by atoms with Crippen LogP contribution in [-0.4, -0.2) is 54.6 Å². The number of hydrogen-bond donors (Lipinski definition) is 5. The number of fused-ring (bicyclic) bond motifs is 3. The molecule has 0 spiro atoms. The third-order valence-corrected chi connectivity index (χ3v) is 10.4. The molecule has 0 radical (unpaired) electrons. The van der Waals surface area contributed by atoms with Crippen molar-refractivity contribution < 1.29 is 39.9 Å². The molecular formula is C31H40O8. The number of phenols is 1. The average molecular weight is 541 g/mol. The molecule has 8 nitrogen and oxygen atoms in total. The summed E-state index contributed by atoms with van der Waals surface area (Å²) < 4.78 is 0. The number of hydrogen-bond acceptors (Lipinski definition) is 8. The van der Waals surface area contributed by atoms with Gasteiger partial charge < -0.3 is 25.5 Å². The van der Waals surface area contributed by atoms with E-state index in [0.717, 1.165) is 6.92 Å². The van der Waals surface area contributed by atoms with Crippen LogP contribution in [0.25, 0.3) is 0 Å². The summed E-state index contributed by atoms with van der Waals surface area (Å²) in [5, 5.41) is 58.8. The van der Waals surface area contributed by atoms with Crippen LogP contribution in [0.4, 0.5) is 0 Å². The molecule has 3 aliphatic carbocycles. The van der Waals surface area contributed by atoms with E-state index in [-0.39, 0.29) is 16.9 Å². The average Bonchev–Trinajstić information content (AvgIpc) is 2.83. The van der Waals surface area contributed by atoms with Crippen LogP contribution in [0.2, 0.25) is 0 Å². The number of Topliss-reactive ketones (excluding diaryl/α,β-unsaturated/α-hetero) is 3. The minimum Gasteiger partial charge on any atom is -0.511 e. The lowest BCUT2D eigenvalue weighted by Gasteiger charge is -2.63. The van der Waals surface area contributed by atoms with Crippen LogP contribution in [0.15, 0.2) is 34.8 Å². The SMILES string of the molecule is CCC(C)(C)c1ccc2c(c1O)C(=O)C1=C(O)[C@@]3(O)C(=O)C(C(C)=O)=C(O)C(C(C)C)[C@@]3(C)[C@H](O)[C@@]1(C)[C@@H]2C. The van der Waals surface area contributed by atoms with Crippen molar-refractivity contribution >= 4 is 17.3 Å². The molecule has 0 heterocycles. The number of allylic oxidation sites excluding steroid dienone is 1. The third kappa shape index (κ3) is 3.16. The lowest BCUT2D eigenvalue weighted by molar-refractivity contribution is -0.211. The van der Waals surface area contributed by atoms with Crippen molar-refractivity contribution in [3.05, 3.63) is 51.5 Å². The summed E-state index contributed by atoms with van der Waals surface area (Å²) in [6, 6.07) is 3.51. The van der Waals surface area contributed by atoms with Gasteiger partial charge in [0.2, 0.25) is 5.78 Å². The Balaban J connectivity index is 2.15. The molecule has 8 heteroatoms. The second-order valence-electron chi connectivity index (χ2n) is 13.0. The highest BCUT2D eigenvalue weighted by Crippen LogP contribution is 2.67. The molecule has 6 atom stereocenters. The molecule has 212 valence electrons. The van der Waals surface area contributed by atoms with E-state index in [2.05, 4.69) is 0 Å². The molecular weight excluding hydrogens is 500 g/mol. The summed E-state index contributed by atoms with van der Waals surface area (Å²) in [6.07, 6.45) is -0.964. The molecule has 1 aromatic carbocycles. The van der Waals surface area contributed by atoms with E-state index in [9.17, 15) is 39.9 Å². The van der Waals surface area contributed by atoms with Crippen molar-refractivity contribution in [2.24, 2.45) is 22.7 Å². The maximum absolute atomic E-state index is 14.2. The maximum atomic E-state index is 14.2. The first-order valence-electron chi connectivity index (χ1n) is 13.5. The Kier molecular flexibility index (Phi) is 6.34. The Bertz CT molecular complexity index is 1380. The van der Waals surface area contributed by atoms with Crippen molar-refractivity contribution in [3.63, 3.8) is 0 Å². The summed E-state index contributed by atoms with van der Waals surface area (Å²) in [4.78, 5) is 40.6. The number of benzene rings is 1. The van der Waals surface area contributed by atoms with E-state index in [0.29, 0.717) is 17.5 Å². The monoisotopic (exact) mass is 540 g/mol. The van der Waals surface area contributed by atoms with E-state index in [1.807, 2.05) is 20.8 Å². The van der Waals surface area contributed by atoms with Crippen molar-refractivity contribution in [1.29, 1.82) is 0 Å². The zero-order valence-corrected chi connectivity index (χ0v) is 24.1. The predicted molar refractivity (Wildman–Crippen MR) is 145 cm³/mol. The maximum Gasteiger partial charge on any atom is 0.209 e. The number of carbonyl (C=O) groups is 3. The molecule has 0 saturated heterocycles. The quantitative estimate of drug-likeness (QED) is 0.348. The summed E-state index contributed by atoms with van der Waals surface area (Å²) in [5.74, 6) is -6.89. The predicted octanol–water partition coefficient (Wildman–Crippen LogP) is 4.57. The molecule has 0 fully saturated rings. The normalized spacial score (nSPS) is 34.7. The van der Waals surface area contributed by atoms with Crippen LogP contribution in [0.5, 0.6) is 5.75 Å². The van der Waals surface area contributed by atoms with Gasteiger partial charge in [-0.3, -0.25) is 14.4 Å². The number of rotatable bonds is 4. The fourth-order valence-electron chi connectivity index (χ4n) is 7.68. The van der Waals surface area contributed by atoms with Crippen molar-refractivity contribution in [2.75, 3.05) is 0 Å². The fourth-order valence-corrected chi connectivity index (χ4v) is 7.68. The second kappa shape index (κ2) is 8.51. The zero-order valence-electron chi connectivity index (χ0n) is 24.1. The Hall–Kier alpha value is -2.97. The van der Waals surface area contributed by atoms with Crippen molar-refractivity contribution in [2.45, 2.75) is 91.8 Å². The Labute approximate surface area is 229 Å². The lowest BCUT2D eigenvalue weighted by Crippen LogP contribution is -2.73. The second-order valence-corrected chi connectivity index (χ2v) is 13.0. The first kappa shape index (κ1) is 29.0. The van der Waals surface area contributed by atoms with Gasteiger partial charge >= 0.3 is 0 Å². The number of aliphatic hydroxyl groups excluding tert-OH is 3. The number of aliphatic hydroxyl groups is 4. The summed E-state index contributed by atoms with van der Waals surface area (Å²) in [7, 11) is 0. The molecule has 0 aliphatic heterocycles. The topological polar surface area (TPSA) is 152 Å². The molecule has 39 heavy (non-hydrogen) atoms. The smallest absolute Gasteiger partial charge is 0.209 e. The van der Waals surface area contributed by atoms with Gasteiger partial charge in [0.1, 0.15) is 22.8 Å². The summed E-state index contributed by atoms with van der Waals surface area (Å²) in [5.41, 5.74) is -6.89. The van der Waals surface area contributed by atoms with Gasteiger partial charge in [0, 0.05) is 22.3 Å². The first-order chi connectivity index (χ1) is 17.8. The van der Waals surface area contributed by atoms with Gasteiger partial charge in [-0.15, -0.1) is 0 Å². The van der Waals surface area contributed by atoms with Gasteiger partial charge in [-0.1, -0.05) is 67.5 Å². The minimum atomic E-state index is -2.88. The van der Waals surface area contributed by atoms with Crippen molar-refractivity contribution in [1.82, 2.24) is 0 Å². The Morgan fingerprint density at radius 3 is 2.15 bits per heavy atom. The van der Waals surface area contributed by atoms with Crippen LogP contribution in [0.1, 0.15) is 96.1 Å². The van der Waals surface area contributed by atoms with Gasteiger partial charge in [-0.2, -0.15) is 0 Å². The van der Waals surface area contributed by atoms with E-state index < -0.39 is 80.1 Å². The van der Waals surface area contributed by atoms with Crippen LogP contribution >= 0.6 is 0 Å². The first-order valence-corrected chi connectivity index (χ1v) is 13.5. The zero-order chi connectivity index (χ0) is 29.8. The minimum absolute atomic E-state index is 0.0474. The molecule has 0 bridgehead atoms. The molecule has 0 saturated carbocycles. The van der Waals surface area contributed by atoms with Crippen LogP contribution < -0.4 is 0 Å². The number of phenolic OH excluding ortho intramolecular Hbond substituents is 1. The van der Waals surface area contributed by atoms with Crippen molar-refractivity contribution in [3.8, 4) is 5.75 Å². The standard InChI is InChI=1S/C31H40O8/c1-10-28(6,7)17-12-11-16-14(4)29(8)21(24(35)19(16)22(17)33)26(37)31(39)25(36)18(15(5)32)23(34)20(13(2)3)30(31,9)27(29)38/h11-14,20,27,33-34,37-39H,10H2,1-9H3/t14-,20?,27-,29+,30+,31+/m1/s1. The van der Waals surface area contributed by atoms with Gasteiger partial charge in [0.05, 0.1) is 17.2 Å². The van der Waals surface area contributed by atoms with E-state index in [1.54, 1.807) is 39.8 Å². The van der Waals surface area contributed by atoms with Gasteiger partial charge in [-0.25, -0.2) is 0 Å². The summed E-state index contributed by atoms with van der Waals surface area (Å²) in [6.45, 7) is 15.1. The summed E-state index contributed by atoms with van der Waals surface area (Å²) >= 11 is 0. The van der Waals surface area contributed by atoms with Crippen LogP contribution in [-0.2, 0) is 15.0 Å². The van der Waals surface area contributed by atoms with Crippen LogP contribution in [0.3, 0.4) is 0 Å². The molecule has 5 N–H and O–H groups in total. The highest BCUT2D eigenvalue weighted by molar-refractivity contribution is 6.25. The van der Waals surface area contributed by atoms with Gasteiger partial charge in [0.15, 0.2) is 17.2 Å². The highest BCUT2D eigenvalue weighted by atomic mass is 16.4. The van der Waals surface area contributed by atoms with E-state index in [1.165, 1.54) is 6.92 Å². The van der Waals surface area contributed by atoms with Gasteiger partial charge in [-0.05, 0) is 36.2 Å². The molecule has 3 aliphatic rings. The Morgan fingerprint density at radius 1 is 1.10 bits per heavy atom. The number of carbonyl (C=O) groups excluding carboxylic acids is 3. The highest BCUT2D eigenvalue weighted by Gasteiger charge is 2.76. The van der Waals surface area contributed by atoms with Gasteiger partial charge in [0.25, 0.3) is 0 Å². The number of ketones is 3. The third-order valence-electron chi connectivity index (χ3n) is 10.4. The molecule has 0 amide bonds. The molecule has 1 aromatic rings. The largest absolute Gasteiger partial charge is 0.511 e. The Morgan fingerprint density at radius 2 is 1.67 bits per heavy atom. The molecule has 1 unspecified atom stereocenters. The van der Waals surface area contributed by atoms with E-state index >= 15 is 0 Å². The molecule has 4 rings (SSSR count). The molecule has 0 aromatic heterocycles.